The van der Waals surface area contributed by atoms with E-state index in [1.807, 2.05) is 48.7 Å². The molecule has 4 aromatic rings. The number of methoxy groups -OCH3 is 1. The number of carbonyl (C=O) groups excluding carboxylic acids is 1. The molecule has 3 aromatic carbocycles. The largest absolute Gasteiger partial charge is 0.479 e. The van der Waals surface area contributed by atoms with Crippen molar-refractivity contribution in [1.82, 2.24) is 4.57 Å². The fourth-order valence-electron chi connectivity index (χ4n) is 4.19. The SMILES string of the molecule is COC(=O)[C@H](C)Oc1cccc(SCCCn2cc(-c3ccccc3-c3ccccc3C)ccc2=O)c1. The Morgan fingerprint density at radius 3 is 2.41 bits per heavy atom. The Hall–Kier alpha value is -3.77. The molecule has 0 saturated carbocycles. The molecule has 0 radical (unpaired) electrons. The molecule has 1 atom stereocenters. The standard InChI is InChI=1S/C31H31NO4S/c1-22-10-4-5-13-27(22)29-15-7-6-14-28(29)24-16-17-30(33)32(21-24)18-9-19-37-26-12-8-11-25(20-26)36-23(2)31(34)35-3/h4-8,10-17,20-21,23H,9,18-19H2,1-3H3/t23-/m0/s1. The molecule has 37 heavy (non-hydrogen) atoms. The van der Waals surface area contributed by atoms with Gasteiger partial charge in [-0.1, -0.05) is 54.6 Å². The molecule has 0 aliphatic carbocycles. The highest BCUT2D eigenvalue weighted by atomic mass is 32.2. The molecule has 0 spiro atoms. The number of rotatable bonds is 10. The van der Waals surface area contributed by atoms with E-state index in [1.54, 1.807) is 29.3 Å². The molecule has 0 amide bonds. The van der Waals surface area contributed by atoms with Crippen molar-refractivity contribution in [2.45, 2.75) is 37.8 Å². The number of nitrogens with zero attached hydrogens (tertiary/aromatic N) is 1. The number of hydrogen-bond donors (Lipinski definition) is 0. The van der Waals surface area contributed by atoms with E-state index in [0.29, 0.717) is 12.3 Å². The van der Waals surface area contributed by atoms with E-state index in [-0.39, 0.29) is 5.56 Å². The summed E-state index contributed by atoms with van der Waals surface area (Å²) >= 11 is 1.69. The molecule has 1 heterocycles. The molecule has 0 fully saturated rings. The Balaban J connectivity index is 1.43. The van der Waals surface area contributed by atoms with Crippen LogP contribution >= 0.6 is 11.8 Å². The zero-order valence-electron chi connectivity index (χ0n) is 21.3. The van der Waals surface area contributed by atoms with Gasteiger partial charge in [-0.3, -0.25) is 4.79 Å². The van der Waals surface area contributed by atoms with Gasteiger partial charge in [-0.15, -0.1) is 11.8 Å². The fraction of sp³-hybridized carbons (Fsp3) is 0.226. The van der Waals surface area contributed by atoms with E-state index in [2.05, 4.69) is 43.3 Å². The third kappa shape index (κ3) is 6.71. The van der Waals surface area contributed by atoms with Crippen LogP contribution in [-0.4, -0.2) is 29.5 Å². The van der Waals surface area contributed by atoms with Crippen LogP contribution in [0.5, 0.6) is 5.75 Å². The van der Waals surface area contributed by atoms with Gasteiger partial charge in [0, 0.05) is 23.7 Å². The first kappa shape index (κ1) is 26.3. The monoisotopic (exact) mass is 513 g/mol. The zero-order valence-corrected chi connectivity index (χ0v) is 22.2. The minimum atomic E-state index is -0.666. The summed E-state index contributed by atoms with van der Waals surface area (Å²) in [6.45, 7) is 4.41. The van der Waals surface area contributed by atoms with Gasteiger partial charge in [-0.25, -0.2) is 4.79 Å². The van der Waals surface area contributed by atoms with Gasteiger partial charge >= 0.3 is 5.97 Å². The predicted octanol–water partition coefficient (Wildman–Crippen LogP) is 6.61. The number of esters is 1. The maximum Gasteiger partial charge on any atom is 0.346 e. The number of ether oxygens (including phenoxy) is 2. The Bertz CT molecular complexity index is 1430. The number of benzene rings is 3. The molecule has 0 unspecified atom stereocenters. The molecule has 5 nitrogen and oxygen atoms in total. The highest BCUT2D eigenvalue weighted by molar-refractivity contribution is 7.99. The van der Waals surface area contributed by atoms with Crippen molar-refractivity contribution >= 4 is 17.7 Å². The minimum absolute atomic E-state index is 0.00526. The molecule has 4 rings (SSSR count). The number of thioether (sulfide) groups is 1. The summed E-state index contributed by atoms with van der Waals surface area (Å²) in [5.74, 6) is 1.05. The van der Waals surface area contributed by atoms with Crippen molar-refractivity contribution in [3.05, 3.63) is 107 Å². The quantitative estimate of drug-likeness (QED) is 0.136. The smallest absolute Gasteiger partial charge is 0.346 e. The van der Waals surface area contributed by atoms with E-state index in [4.69, 9.17) is 9.47 Å². The normalized spacial score (nSPS) is 11.6. The number of aryl methyl sites for hydroxylation is 2. The van der Waals surface area contributed by atoms with E-state index in [1.165, 1.54) is 18.2 Å². The zero-order chi connectivity index (χ0) is 26.2. The average molecular weight is 514 g/mol. The summed E-state index contributed by atoms with van der Waals surface area (Å²) in [5.41, 5.74) is 5.70. The number of carbonyl (C=O) groups is 1. The molecule has 1 aromatic heterocycles. The van der Waals surface area contributed by atoms with Gasteiger partial charge in [0.2, 0.25) is 0 Å². The maximum absolute atomic E-state index is 12.6. The Morgan fingerprint density at radius 2 is 1.65 bits per heavy atom. The van der Waals surface area contributed by atoms with E-state index >= 15 is 0 Å². The molecule has 0 aliphatic rings. The van der Waals surface area contributed by atoms with Crippen molar-refractivity contribution < 1.29 is 14.3 Å². The van der Waals surface area contributed by atoms with Crippen molar-refractivity contribution in [3.8, 4) is 28.0 Å². The van der Waals surface area contributed by atoms with Crippen molar-refractivity contribution in [1.29, 1.82) is 0 Å². The lowest BCUT2D eigenvalue weighted by Gasteiger charge is -2.14. The van der Waals surface area contributed by atoms with Crippen LogP contribution in [0.3, 0.4) is 0 Å². The maximum atomic E-state index is 12.6. The molecule has 0 aliphatic heterocycles. The van der Waals surface area contributed by atoms with E-state index < -0.39 is 12.1 Å². The van der Waals surface area contributed by atoms with Gasteiger partial charge in [0.25, 0.3) is 5.56 Å². The minimum Gasteiger partial charge on any atom is -0.479 e. The molecule has 0 bridgehead atoms. The van der Waals surface area contributed by atoms with Crippen LogP contribution < -0.4 is 10.3 Å². The lowest BCUT2D eigenvalue weighted by Crippen LogP contribution is -2.24. The van der Waals surface area contributed by atoms with Crippen LogP contribution in [0, 0.1) is 6.92 Å². The molecular formula is C31H31NO4S. The van der Waals surface area contributed by atoms with E-state index in [9.17, 15) is 9.59 Å². The van der Waals surface area contributed by atoms with Gasteiger partial charge in [-0.2, -0.15) is 0 Å². The predicted molar refractivity (Wildman–Crippen MR) is 150 cm³/mol. The summed E-state index contributed by atoms with van der Waals surface area (Å²) in [4.78, 5) is 25.3. The lowest BCUT2D eigenvalue weighted by molar-refractivity contribution is -0.147. The topological polar surface area (TPSA) is 57.5 Å². The summed E-state index contributed by atoms with van der Waals surface area (Å²) in [5, 5.41) is 0. The van der Waals surface area contributed by atoms with Crippen molar-refractivity contribution in [2.24, 2.45) is 0 Å². The molecule has 0 N–H and O–H groups in total. The van der Waals surface area contributed by atoms with Crippen molar-refractivity contribution in [3.63, 3.8) is 0 Å². The lowest BCUT2D eigenvalue weighted by atomic mass is 9.93. The molecule has 6 heteroatoms. The highest BCUT2D eigenvalue weighted by Gasteiger charge is 2.15. The first-order valence-corrected chi connectivity index (χ1v) is 13.3. The van der Waals surface area contributed by atoms with Crippen LogP contribution in [0.15, 0.2) is 101 Å². The molecular weight excluding hydrogens is 482 g/mol. The van der Waals surface area contributed by atoms with Crippen LogP contribution in [0.25, 0.3) is 22.3 Å². The van der Waals surface area contributed by atoms with Crippen molar-refractivity contribution in [2.75, 3.05) is 12.9 Å². The van der Waals surface area contributed by atoms with Crippen LogP contribution in [0.2, 0.25) is 0 Å². The molecule has 0 saturated heterocycles. The summed E-state index contributed by atoms with van der Waals surface area (Å²) in [7, 11) is 1.35. The fourth-order valence-corrected chi connectivity index (χ4v) is 5.07. The highest BCUT2D eigenvalue weighted by Crippen LogP contribution is 2.33. The summed E-state index contributed by atoms with van der Waals surface area (Å²) in [6, 6.07) is 27.9. The number of aromatic nitrogens is 1. The summed E-state index contributed by atoms with van der Waals surface area (Å²) < 4.78 is 12.2. The number of pyridine rings is 1. The number of hydrogen-bond acceptors (Lipinski definition) is 5. The Kier molecular flexibility index (Phi) is 8.86. The van der Waals surface area contributed by atoms with Gasteiger partial charge in [0.1, 0.15) is 5.75 Å². The Morgan fingerprint density at radius 1 is 0.919 bits per heavy atom. The third-order valence-corrected chi connectivity index (χ3v) is 7.20. The van der Waals surface area contributed by atoms with Gasteiger partial charge in [0.05, 0.1) is 7.11 Å². The van der Waals surface area contributed by atoms with Crippen LogP contribution in [0.4, 0.5) is 0 Å². The first-order valence-electron chi connectivity index (χ1n) is 12.3. The molecule has 190 valence electrons. The second-order valence-electron chi connectivity index (χ2n) is 8.77. The van der Waals surface area contributed by atoms with Crippen LogP contribution in [0.1, 0.15) is 18.9 Å². The van der Waals surface area contributed by atoms with Crippen LogP contribution in [-0.2, 0) is 16.1 Å². The van der Waals surface area contributed by atoms with Gasteiger partial charge < -0.3 is 14.0 Å². The Labute approximate surface area is 222 Å². The summed E-state index contributed by atoms with van der Waals surface area (Å²) in [6.07, 6.45) is 2.13. The second kappa shape index (κ2) is 12.5. The first-order chi connectivity index (χ1) is 18.0. The van der Waals surface area contributed by atoms with Gasteiger partial charge in [-0.05, 0) is 78.1 Å². The van der Waals surface area contributed by atoms with E-state index in [0.717, 1.165) is 33.8 Å². The third-order valence-electron chi connectivity index (χ3n) is 6.12. The second-order valence-corrected chi connectivity index (χ2v) is 9.94. The van der Waals surface area contributed by atoms with Gasteiger partial charge in [0.15, 0.2) is 6.10 Å². The average Bonchev–Trinajstić information content (AvgIpc) is 2.92.